The van der Waals surface area contributed by atoms with Crippen LogP contribution in [0.2, 0.25) is 0 Å². The topological polar surface area (TPSA) is 70.8 Å². The lowest BCUT2D eigenvalue weighted by atomic mass is 9.99. The highest BCUT2D eigenvalue weighted by Gasteiger charge is 2.36. The first-order valence-corrected chi connectivity index (χ1v) is 7.65. The van der Waals surface area contributed by atoms with Gasteiger partial charge in [0.2, 0.25) is 5.91 Å². The van der Waals surface area contributed by atoms with E-state index >= 15 is 0 Å². The molecule has 5 nitrogen and oxygen atoms in total. The summed E-state index contributed by atoms with van der Waals surface area (Å²) in [4.78, 5) is 26.5. The van der Waals surface area contributed by atoms with Crippen molar-refractivity contribution in [1.29, 1.82) is 0 Å². The second-order valence-electron chi connectivity index (χ2n) is 4.96. The van der Waals surface area contributed by atoms with Gasteiger partial charge in [0.1, 0.15) is 5.76 Å². The Bertz CT molecular complexity index is 646. The molecule has 1 atom stereocenters. The third kappa shape index (κ3) is 2.71. The van der Waals surface area contributed by atoms with Crippen LogP contribution in [0.15, 0.2) is 34.3 Å². The van der Waals surface area contributed by atoms with Crippen molar-refractivity contribution in [2.75, 3.05) is 6.54 Å². The number of carboxylic acid groups (broad SMARTS) is 1. The van der Waals surface area contributed by atoms with Crippen molar-refractivity contribution in [3.63, 3.8) is 0 Å². The molecule has 1 unspecified atom stereocenters. The van der Waals surface area contributed by atoms with E-state index in [1.165, 1.54) is 4.90 Å². The Balaban J connectivity index is 1.74. The molecule has 6 heteroatoms. The maximum Gasteiger partial charge on any atom is 0.331 e. The summed E-state index contributed by atoms with van der Waals surface area (Å²) in [7, 11) is 0. The Labute approximate surface area is 125 Å². The Kier molecular flexibility index (Phi) is 3.79. The van der Waals surface area contributed by atoms with Crippen molar-refractivity contribution in [2.24, 2.45) is 0 Å². The van der Waals surface area contributed by atoms with Crippen LogP contribution in [-0.4, -0.2) is 28.4 Å². The third-order valence-corrected chi connectivity index (χ3v) is 4.68. The second-order valence-corrected chi connectivity index (χ2v) is 5.96. The average molecular weight is 305 g/mol. The fourth-order valence-corrected chi connectivity index (χ4v) is 3.58. The van der Waals surface area contributed by atoms with E-state index in [9.17, 15) is 14.7 Å². The number of aryl methyl sites for hydroxylation is 1. The van der Waals surface area contributed by atoms with Gasteiger partial charge in [-0.15, -0.1) is 11.3 Å². The Morgan fingerprint density at radius 2 is 2.29 bits per heavy atom. The quantitative estimate of drug-likeness (QED) is 0.942. The van der Waals surface area contributed by atoms with E-state index in [2.05, 4.69) is 0 Å². The molecule has 0 aromatic carbocycles. The molecule has 0 bridgehead atoms. The molecule has 1 N–H and O–H groups in total. The summed E-state index contributed by atoms with van der Waals surface area (Å²) in [6, 6.07) is 4.54. The van der Waals surface area contributed by atoms with Gasteiger partial charge in [-0.3, -0.25) is 4.79 Å². The predicted octanol–water partition coefficient (Wildman–Crippen LogP) is 2.48. The first-order valence-electron chi connectivity index (χ1n) is 6.77. The van der Waals surface area contributed by atoms with Crippen LogP contribution in [0, 0.1) is 0 Å². The number of fused-ring (bicyclic) bond motifs is 1. The van der Waals surface area contributed by atoms with Gasteiger partial charge in [0.25, 0.3) is 0 Å². The molecular formula is C15H15NO4S. The minimum atomic E-state index is -0.972. The van der Waals surface area contributed by atoms with Crippen molar-refractivity contribution in [1.82, 2.24) is 4.90 Å². The predicted molar refractivity (Wildman–Crippen MR) is 77.1 cm³/mol. The number of carbonyl (C=O) groups is 2. The lowest BCUT2D eigenvalue weighted by Crippen LogP contribution is -2.43. The van der Waals surface area contributed by atoms with Crippen LogP contribution in [0.5, 0.6) is 0 Å². The minimum Gasteiger partial charge on any atom is -0.479 e. The summed E-state index contributed by atoms with van der Waals surface area (Å²) < 4.78 is 5.20. The van der Waals surface area contributed by atoms with E-state index in [0.29, 0.717) is 13.0 Å². The van der Waals surface area contributed by atoms with Gasteiger partial charge in [0.05, 0.1) is 6.26 Å². The monoisotopic (exact) mass is 305 g/mol. The summed E-state index contributed by atoms with van der Waals surface area (Å²) in [5.41, 5.74) is 0.755. The van der Waals surface area contributed by atoms with Crippen molar-refractivity contribution in [3.05, 3.63) is 46.0 Å². The number of thiophene rings is 1. The van der Waals surface area contributed by atoms with E-state index in [0.717, 1.165) is 22.6 Å². The van der Waals surface area contributed by atoms with Crippen LogP contribution in [0.3, 0.4) is 0 Å². The van der Waals surface area contributed by atoms with Crippen molar-refractivity contribution in [2.45, 2.75) is 25.3 Å². The summed E-state index contributed by atoms with van der Waals surface area (Å²) in [6.45, 7) is 0.460. The molecule has 0 radical (unpaired) electrons. The summed E-state index contributed by atoms with van der Waals surface area (Å²) in [5, 5.41) is 11.4. The zero-order chi connectivity index (χ0) is 14.8. The lowest BCUT2D eigenvalue weighted by Gasteiger charge is -2.33. The number of amides is 1. The van der Waals surface area contributed by atoms with E-state index in [1.807, 2.05) is 17.5 Å². The van der Waals surface area contributed by atoms with E-state index in [1.54, 1.807) is 23.7 Å². The molecule has 0 saturated heterocycles. The molecule has 3 heterocycles. The van der Waals surface area contributed by atoms with Crippen LogP contribution in [0.4, 0.5) is 0 Å². The first kappa shape index (κ1) is 13.9. The summed E-state index contributed by atoms with van der Waals surface area (Å²) in [5.74, 6) is -0.375. The van der Waals surface area contributed by atoms with Crippen LogP contribution < -0.4 is 0 Å². The van der Waals surface area contributed by atoms with Crippen molar-refractivity contribution >= 4 is 23.2 Å². The number of rotatable bonds is 4. The Hall–Kier alpha value is -2.08. The van der Waals surface area contributed by atoms with Crippen LogP contribution >= 0.6 is 11.3 Å². The van der Waals surface area contributed by atoms with Gasteiger partial charge in [0.15, 0.2) is 6.04 Å². The zero-order valence-corrected chi connectivity index (χ0v) is 12.1. The van der Waals surface area contributed by atoms with Gasteiger partial charge < -0.3 is 14.4 Å². The molecule has 0 aliphatic carbocycles. The standard InChI is InChI=1S/C15H15NO4S/c17-13(4-3-10-2-1-8-20-10)16-7-5-12-11(6-9-21-12)14(16)15(18)19/h1-2,6,8-9,14H,3-5,7H2,(H,18,19). The van der Waals surface area contributed by atoms with E-state index in [-0.39, 0.29) is 12.3 Å². The smallest absolute Gasteiger partial charge is 0.331 e. The van der Waals surface area contributed by atoms with Gasteiger partial charge >= 0.3 is 5.97 Å². The maximum atomic E-state index is 12.4. The summed E-state index contributed by atoms with van der Waals surface area (Å²) >= 11 is 1.56. The average Bonchev–Trinajstić information content (AvgIpc) is 3.14. The van der Waals surface area contributed by atoms with Gasteiger partial charge in [0, 0.05) is 24.3 Å². The van der Waals surface area contributed by atoms with Gasteiger partial charge in [-0.2, -0.15) is 0 Å². The van der Waals surface area contributed by atoms with Crippen LogP contribution in [0.25, 0.3) is 0 Å². The molecule has 1 aliphatic heterocycles. The molecule has 0 saturated carbocycles. The van der Waals surface area contributed by atoms with Crippen molar-refractivity contribution < 1.29 is 19.1 Å². The fourth-order valence-electron chi connectivity index (χ4n) is 2.68. The second kappa shape index (κ2) is 5.73. The lowest BCUT2D eigenvalue weighted by molar-refractivity contribution is -0.151. The molecular weight excluding hydrogens is 290 g/mol. The highest BCUT2D eigenvalue weighted by Crippen LogP contribution is 2.33. The molecule has 0 fully saturated rings. The SMILES string of the molecule is O=C(O)C1c2ccsc2CCN1C(=O)CCc1ccco1. The zero-order valence-electron chi connectivity index (χ0n) is 11.3. The largest absolute Gasteiger partial charge is 0.479 e. The summed E-state index contributed by atoms with van der Waals surface area (Å²) in [6.07, 6.45) is 3.05. The molecule has 110 valence electrons. The van der Waals surface area contributed by atoms with Gasteiger partial charge in [-0.1, -0.05) is 0 Å². The number of nitrogens with zero attached hydrogens (tertiary/aromatic N) is 1. The number of hydrogen-bond donors (Lipinski definition) is 1. The molecule has 1 amide bonds. The highest BCUT2D eigenvalue weighted by molar-refractivity contribution is 7.10. The molecule has 1 aliphatic rings. The maximum absolute atomic E-state index is 12.4. The first-order chi connectivity index (χ1) is 10.2. The minimum absolute atomic E-state index is 0.143. The number of hydrogen-bond acceptors (Lipinski definition) is 4. The van der Waals surface area contributed by atoms with Gasteiger partial charge in [-0.25, -0.2) is 4.79 Å². The Morgan fingerprint density at radius 1 is 1.43 bits per heavy atom. The fraction of sp³-hybridized carbons (Fsp3) is 0.333. The van der Waals surface area contributed by atoms with Crippen molar-refractivity contribution in [3.8, 4) is 0 Å². The third-order valence-electron chi connectivity index (χ3n) is 3.69. The molecule has 21 heavy (non-hydrogen) atoms. The Morgan fingerprint density at radius 3 is 3.00 bits per heavy atom. The molecule has 2 aromatic rings. The highest BCUT2D eigenvalue weighted by atomic mass is 32.1. The number of aliphatic carboxylic acids is 1. The van der Waals surface area contributed by atoms with E-state index in [4.69, 9.17) is 4.42 Å². The molecule has 2 aromatic heterocycles. The van der Waals surface area contributed by atoms with Crippen LogP contribution in [0.1, 0.15) is 28.7 Å². The number of furan rings is 1. The molecule has 0 spiro atoms. The number of carbonyl (C=O) groups excluding carboxylic acids is 1. The normalized spacial score (nSPS) is 17.5. The number of carboxylic acids is 1. The van der Waals surface area contributed by atoms with Crippen LogP contribution in [-0.2, 0) is 22.4 Å². The molecule has 3 rings (SSSR count). The van der Waals surface area contributed by atoms with E-state index < -0.39 is 12.0 Å². The van der Waals surface area contributed by atoms with Gasteiger partial charge in [-0.05, 0) is 35.6 Å².